The van der Waals surface area contributed by atoms with Crippen molar-refractivity contribution in [2.75, 3.05) is 26.7 Å². The summed E-state index contributed by atoms with van der Waals surface area (Å²) in [5.74, 6) is 0. The number of aliphatic hydroxyl groups excluding tert-OH is 1. The molecule has 20 heavy (non-hydrogen) atoms. The molecular formula is C17H27NO2. The molecule has 0 aromatic heterocycles. The lowest BCUT2D eigenvalue weighted by molar-refractivity contribution is -0.0586. The smallest absolute Gasteiger partial charge is 0.0917 e. The highest BCUT2D eigenvalue weighted by molar-refractivity contribution is 5.30. The Balaban J connectivity index is 2.02. The van der Waals surface area contributed by atoms with Crippen LogP contribution in [0, 0.1) is 13.8 Å². The van der Waals surface area contributed by atoms with E-state index in [0.29, 0.717) is 6.54 Å². The van der Waals surface area contributed by atoms with Gasteiger partial charge in [-0.25, -0.2) is 0 Å². The molecule has 2 rings (SSSR count). The summed E-state index contributed by atoms with van der Waals surface area (Å²) in [5, 5.41) is 10.5. The molecule has 112 valence electrons. The van der Waals surface area contributed by atoms with Crippen LogP contribution in [0.15, 0.2) is 18.2 Å². The normalized spacial score (nSPS) is 25.6. The molecule has 1 N–H and O–H groups in total. The third kappa shape index (κ3) is 3.81. The molecule has 3 nitrogen and oxygen atoms in total. The van der Waals surface area contributed by atoms with Gasteiger partial charge in [0.25, 0.3) is 0 Å². The van der Waals surface area contributed by atoms with E-state index in [2.05, 4.69) is 43.9 Å². The molecule has 0 radical (unpaired) electrons. The van der Waals surface area contributed by atoms with Gasteiger partial charge in [0, 0.05) is 20.2 Å². The Labute approximate surface area is 122 Å². The summed E-state index contributed by atoms with van der Waals surface area (Å²) in [6.07, 6.45) is 1.80. The molecule has 1 heterocycles. The van der Waals surface area contributed by atoms with Crippen molar-refractivity contribution in [2.24, 2.45) is 0 Å². The number of nitrogens with zero attached hydrogens (tertiary/aromatic N) is 1. The fraction of sp³-hybridized carbons (Fsp3) is 0.647. The van der Waals surface area contributed by atoms with E-state index in [9.17, 15) is 5.11 Å². The van der Waals surface area contributed by atoms with Crippen LogP contribution in [0.25, 0.3) is 0 Å². The second-order valence-electron chi connectivity index (χ2n) is 6.43. The van der Waals surface area contributed by atoms with Crippen LogP contribution in [0.1, 0.15) is 42.6 Å². The highest BCUT2D eigenvalue weighted by atomic mass is 16.5. The molecule has 0 saturated carbocycles. The third-order valence-electron chi connectivity index (χ3n) is 4.29. The van der Waals surface area contributed by atoms with Crippen molar-refractivity contribution in [1.29, 1.82) is 0 Å². The minimum Gasteiger partial charge on any atom is -0.387 e. The Kier molecular flexibility index (Phi) is 4.84. The van der Waals surface area contributed by atoms with Crippen molar-refractivity contribution >= 4 is 0 Å². The molecule has 2 unspecified atom stereocenters. The van der Waals surface area contributed by atoms with Gasteiger partial charge in [-0.05, 0) is 45.7 Å². The number of benzene rings is 1. The van der Waals surface area contributed by atoms with Gasteiger partial charge in [0.2, 0.25) is 0 Å². The Hall–Kier alpha value is -0.900. The van der Waals surface area contributed by atoms with Crippen LogP contribution in [0.2, 0.25) is 0 Å². The first kappa shape index (κ1) is 15.5. The molecule has 3 heteroatoms. The zero-order chi connectivity index (χ0) is 14.8. The summed E-state index contributed by atoms with van der Waals surface area (Å²) in [6, 6.07) is 6.30. The van der Waals surface area contributed by atoms with E-state index in [1.54, 1.807) is 7.11 Å². The van der Waals surface area contributed by atoms with E-state index in [4.69, 9.17) is 4.74 Å². The average Bonchev–Trinajstić information content (AvgIpc) is 2.37. The summed E-state index contributed by atoms with van der Waals surface area (Å²) in [7, 11) is 1.78. The number of hydrogen-bond acceptors (Lipinski definition) is 3. The van der Waals surface area contributed by atoms with Crippen molar-refractivity contribution in [3.8, 4) is 0 Å². The van der Waals surface area contributed by atoms with Crippen molar-refractivity contribution in [3.05, 3.63) is 34.9 Å². The van der Waals surface area contributed by atoms with Gasteiger partial charge in [-0.15, -0.1) is 0 Å². The zero-order valence-electron chi connectivity index (χ0n) is 13.1. The fourth-order valence-electron chi connectivity index (χ4n) is 3.18. The van der Waals surface area contributed by atoms with Gasteiger partial charge in [-0.2, -0.15) is 0 Å². The molecule has 1 aromatic rings. The number of β-amino-alcohol motifs (C(OH)–C–C–N with tert-alkyl or cyclic N) is 1. The van der Waals surface area contributed by atoms with Gasteiger partial charge in [0.05, 0.1) is 11.7 Å². The Bertz CT molecular complexity index is 440. The maximum absolute atomic E-state index is 10.5. The molecule has 1 aliphatic heterocycles. The van der Waals surface area contributed by atoms with Gasteiger partial charge in [-0.1, -0.05) is 29.3 Å². The van der Waals surface area contributed by atoms with E-state index >= 15 is 0 Å². The first-order chi connectivity index (χ1) is 9.42. The predicted octanol–water partition coefficient (Wildman–Crippen LogP) is 2.84. The van der Waals surface area contributed by atoms with Gasteiger partial charge in [0.15, 0.2) is 0 Å². The van der Waals surface area contributed by atoms with E-state index in [0.717, 1.165) is 31.5 Å². The summed E-state index contributed by atoms with van der Waals surface area (Å²) in [5.41, 5.74) is 3.37. The lowest BCUT2D eigenvalue weighted by Crippen LogP contribution is -2.48. The predicted molar refractivity (Wildman–Crippen MR) is 82.0 cm³/mol. The van der Waals surface area contributed by atoms with Crippen molar-refractivity contribution in [3.63, 3.8) is 0 Å². The van der Waals surface area contributed by atoms with Crippen LogP contribution in [-0.2, 0) is 4.74 Å². The number of aliphatic hydroxyl groups is 1. The largest absolute Gasteiger partial charge is 0.387 e. The van der Waals surface area contributed by atoms with E-state index in [-0.39, 0.29) is 5.60 Å². The van der Waals surface area contributed by atoms with E-state index < -0.39 is 6.10 Å². The van der Waals surface area contributed by atoms with Crippen LogP contribution >= 0.6 is 0 Å². The second-order valence-corrected chi connectivity index (χ2v) is 6.43. The summed E-state index contributed by atoms with van der Waals surface area (Å²) in [4.78, 5) is 2.31. The third-order valence-corrected chi connectivity index (χ3v) is 4.29. The number of likely N-dealkylation sites (tertiary alicyclic amines) is 1. The van der Waals surface area contributed by atoms with Gasteiger partial charge < -0.3 is 9.84 Å². The molecular weight excluding hydrogens is 250 g/mol. The monoisotopic (exact) mass is 277 g/mol. The summed E-state index contributed by atoms with van der Waals surface area (Å²) >= 11 is 0. The standard InChI is InChI=1S/C17H27NO2/c1-13-8-14(2)10-15(9-13)16(19)11-18-7-5-6-17(3,12-18)20-4/h8-10,16,19H,5-7,11-12H2,1-4H3. The van der Waals surface area contributed by atoms with Gasteiger partial charge in [-0.3, -0.25) is 4.90 Å². The molecule has 2 atom stereocenters. The number of aryl methyl sites for hydroxylation is 2. The maximum atomic E-state index is 10.5. The molecule has 0 bridgehead atoms. The van der Waals surface area contributed by atoms with Crippen LogP contribution < -0.4 is 0 Å². The molecule has 1 fully saturated rings. The maximum Gasteiger partial charge on any atom is 0.0917 e. The number of piperidine rings is 1. The van der Waals surface area contributed by atoms with Crippen LogP contribution in [0.3, 0.4) is 0 Å². The lowest BCUT2D eigenvalue weighted by Gasteiger charge is -2.40. The topological polar surface area (TPSA) is 32.7 Å². The van der Waals surface area contributed by atoms with Crippen molar-refractivity contribution in [2.45, 2.75) is 45.3 Å². The zero-order valence-corrected chi connectivity index (χ0v) is 13.1. The SMILES string of the molecule is COC1(C)CCCN(CC(O)c2cc(C)cc(C)c2)C1. The average molecular weight is 277 g/mol. The van der Waals surface area contributed by atoms with Crippen LogP contribution in [-0.4, -0.2) is 42.4 Å². The Morgan fingerprint density at radius 1 is 1.30 bits per heavy atom. The van der Waals surface area contributed by atoms with Crippen molar-refractivity contribution in [1.82, 2.24) is 4.90 Å². The molecule has 0 amide bonds. The Morgan fingerprint density at radius 2 is 1.95 bits per heavy atom. The highest BCUT2D eigenvalue weighted by Crippen LogP contribution is 2.26. The minimum absolute atomic E-state index is 0.0690. The number of rotatable bonds is 4. The fourth-order valence-corrected chi connectivity index (χ4v) is 3.18. The van der Waals surface area contributed by atoms with E-state index in [1.165, 1.54) is 11.1 Å². The highest BCUT2D eigenvalue weighted by Gasteiger charge is 2.31. The van der Waals surface area contributed by atoms with Gasteiger partial charge in [0.1, 0.15) is 0 Å². The number of ether oxygens (including phenoxy) is 1. The quantitative estimate of drug-likeness (QED) is 0.918. The minimum atomic E-state index is -0.423. The molecule has 1 aromatic carbocycles. The first-order valence-electron chi connectivity index (χ1n) is 7.46. The summed E-state index contributed by atoms with van der Waals surface area (Å²) in [6.45, 7) is 8.93. The number of methoxy groups -OCH3 is 1. The molecule has 1 saturated heterocycles. The van der Waals surface area contributed by atoms with Crippen molar-refractivity contribution < 1.29 is 9.84 Å². The van der Waals surface area contributed by atoms with E-state index in [1.807, 2.05) is 0 Å². The lowest BCUT2D eigenvalue weighted by atomic mass is 9.94. The Morgan fingerprint density at radius 3 is 2.55 bits per heavy atom. The van der Waals surface area contributed by atoms with Crippen LogP contribution in [0.4, 0.5) is 0 Å². The second kappa shape index (κ2) is 6.25. The summed E-state index contributed by atoms with van der Waals surface area (Å²) < 4.78 is 5.61. The first-order valence-corrected chi connectivity index (χ1v) is 7.46. The number of hydrogen-bond donors (Lipinski definition) is 1. The van der Waals surface area contributed by atoms with Gasteiger partial charge >= 0.3 is 0 Å². The molecule has 0 spiro atoms. The van der Waals surface area contributed by atoms with Crippen LogP contribution in [0.5, 0.6) is 0 Å². The molecule has 0 aliphatic carbocycles. The molecule has 1 aliphatic rings.